The molecule has 0 amide bonds. The summed E-state index contributed by atoms with van der Waals surface area (Å²) in [6.07, 6.45) is 3.43. The normalized spacial score (nSPS) is 32.7. The van der Waals surface area contributed by atoms with Crippen LogP contribution in [0, 0.1) is 5.92 Å². The Morgan fingerprint density at radius 2 is 2.42 bits per heavy atom. The van der Waals surface area contributed by atoms with E-state index in [4.69, 9.17) is 4.99 Å². The highest BCUT2D eigenvalue weighted by molar-refractivity contribution is 7.99. The number of thioether (sulfide) groups is 1. The van der Waals surface area contributed by atoms with Gasteiger partial charge < -0.3 is 15.3 Å². The summed E-state index contributed by atoms with van der Waals surface area (Å²) >= 11 is 1.83. The van der Waals surface area contributed by atoms with Crippen LogP contribution in [-0.2, 0) is 0 Å². The first kappa shape index (κ1) is 15.0. The highest BCUT2D eigenvalue weighted by atomic mass is 32.2. The molecule has 2 aliphatic rings. The molecule has 2 fully saturated rings. The third-order valence-corrected chi connectivity index (χ3v) is 5.13. The first-order valence-corrected chi connectivity index (χ1v) is 8.62. The average molecular weight is 285 g/mol. The second-order valence-electron chi connectivity index (χ2n) is 5.89. The number of nitrogens with zero attached hydrogens (tertiary/aromatic N) is 2. The Labute approximate surface area is 121 Å². The van der Waals surface area contributed by atoms with Crippen LogP contribution in [0.15, 0.2) is 4.99 Å². The van der Waals surface area contributed by atoms with Crippen molar-refractivity contribution in [1.82, 2.24) is 10.2 Å². The maximum absolute atomic E-state index is 10.4. The van der Waals surface area contributed by atoms with Gasteiger partial charge in [-0.15, -0.1) is 0 Å². The smallest absolute Gasteiger partial charge is 0.194 e. The summed E-state index contributed by atoms with van der Waals surface area (Å²) < 4.78 is 0. The van der Waals surface area contributed by atoms with Crippen LogP contribution in [0.2, 0.25) is 0 Å². The van der Waals surface area contributed by atoms with Gasteiger partial charge in [0, 0.05) is 25.4 Å². The van der Waals surface area contributed by atoms with E-state index in [9.17, 15) is 5.11 Å². The molecule has 0 spiro atoms. The molecular formula is C14H27N3OS. The van der Waals surface area contributed by atoms with Crippen molar-refractivity contribution in [3.63, 3.8) is 0 Å². The minimum absolute atomic E-state index is 0.535. The van der Waals surface area contributed by atoms with Crippen LogP contribution in [0.5, 0.6) is 0 Å². The highest BCUT2D eigenvalue weighted by Crippen LogP contribution is 2.28. The third kappa shape index (κ3) is 4.28. The first-order valence-electron chi connectivity index (χ1n) is 7.46. The van der Waals surface area contributed by atoms with Crippen LogP contribution < -0.4 is 5.32 Å². The Kier molecular flexibility index (Phi) is 5.39. The van der Waals surface area contributed by atoms with Crippen LogP contribution in [0.4, 0.5) is 0 Å². The van der Waals surface area contributed by atoms with Crippen molar-refractivity contribution in [2.75, 3.05) is 37.7 Å². The predicted octanol–water partition coefficient (Wildman–Crippen LogP) is 1.55. The number of hydrogen-bond acceptors (Lipinski definition) is 3. The molecule has 0 aromatic carbocycles. The molecule has 0 saturated carbocycles. The number of likely N-dealkylation sites (tertiary alicyclic amines) is 1. The van der Waals surface area contributed by atoms with Crippen molar-refractivity contribution in [2.45, 2.75) is 38.7 Å². The molecule has 2 heterocycles. The fraction of sp³-hybridized carbons (Fsp3) is 0.929. The van der Waals surface area contributed by atoms with Gasteiger partial charge in [-0.05, 0) is 37.9 Å². The molecule has 0 aliphatic carbocycles. The molecule has 4 nitrogen and oxygen atoms in total. The summed E-state index contributed by atoms with van der Waals surface area (Å²) in [7, 11) is 0. The minimum Gasteiger partial charge on any atom is -0.387 e. The van der Waals surface area contributed by atoms with Gasteiger partial charge in [0.25, 0.3) is 0 Å². The van der Waals surface area contributed by atoms with E-state index in [0.29, 0.717) is 6.54 Å². The van der Waals surface area contributed by atoms with Gasteiger partial charge in [0.1, 0.15) is 0 Å². The molecule has 2 N–H and O–H groups in total. The Morgan fingerprint density at radius 3 is 3.05 bits per heavy atom. The second-order valence-corrected chi connectivity index (χ2v) is 7.00. The lowest BCUT2D eigenvalue weighted by molar-refractivity contribution is 0.0774. The van der Waals surface area contributed by atoms with Crippen molar-refractivity contribution in [3.05, 3.63) is 0 Å². The molecule has 0 radical (unpaired) electrons. The fourth-order valence-corrected chi connectivity index (χ4v) is 4.04. The number of aliphatic hydroxyl groups is 1. The van der Waals surface area contributed by atoms with E-state index in [1.807, 2.05) is 11.8 Å². The van der Waals surface area contributed by atoms with E-state index >= 15 is 0 Å². The van der Waals surface area contributed by atoms with E-state index in [0.717, 1.165) is 49.4 Å². The summed E-state index contributed by atoms with van der Waals surface area (Å²) in [5, 5.41) is 13.8. The fourth-order valence-electron chi connectivity index (χ4n) is 2.75. The largest absolute Gasteiger partial charge is 0.387 e. The van der Waals surface area contributed by atoms with Crippen molar-refractivity contribution in [2.24, 2.45) is 10.9 Å². The van der Waals surface area contributed by atoms with Gasteiger partial charge in [-0.1, -0.05) is 6.92 Å². The summed E-state index contributed by atoms with van der Waals surface area (Å²) in [4.78, 5) is 7.04. The van der Waals surface area contributed by atoms with Crippen molar-refractivity contribution in [1.29, 1.82) is 0 Å². The number of aliphatic imine (C=N–C) groups is 1. The molecule has 2 rings (SSSR count). The number of piperidine rings is 1. The number of rotatable bonds is 3. The second kappa shape index (κ2) is 6.84. The van der Waals surface area contributed by atoms with Crippen LogP contribution in [0.3, 0.4) is 0 Å². The lowest BCUT2D eigenvalue weighted by atomic mass is 10.0. The van der Waals surface area contributed by atoms with E-state index in [1.54, 1.807) is 0 Å². The number of hydrogen-bond donors (Lipinski definition) is 2. The lowest BCUT2D eigenvalue weighted by Gasteiger charge is -2.34. The maximum atomic E-state index is 10.4. The van der Waals surface area contributed by atoms with E-state index in [-0.39, 0.29) is 0 Å². The number of guanidine groups is 1. The summed E-state index contributed by atoms with van der Waals surface area (Å²) in [6.45, 7) is 7.99. The zero-order valence-corrected chi connectivity index (χ0v) is 13.0. The SMILES string of the molecule is CCNC(=NCC1(O)CCSC1)N1CCCC(C)C1. The average Bonchev–Trinajstić information content (AvgIpc) is 2.82. The van der Waals surface area contributed by atoms with E-state index in [2.05, 4.69) is 24.1 Å². The summed E-state index contributed by atoms with van der Waals surface area (Å²) in [6, 6.07) is 0. The minimum atomic E-state index is -0.577. The Bertz CT molecular complexity index is 316. The van der Waals surface area contributed by atoms with Gasteiger partial charge in [-0.25, -0.2) is 0 Å². The predicted molar refractivity (Wildman–Crippen MR) is 82.8 cm³/mol. The molecule has 2 saturated heterocycles. The topological polar surface area (TPSA) is 47.9 Å². The lowest BCUT2D eigenvalue weighted by Crippen LogP contribution is -2.47. The molecule has 2 atom stereocenters. The molecule has 2 unspecified atom stereocenters. The van der Waals surface area contributed by atoms with Gasteiger partial charge in [-0.2, -0.15) is 11.8 Å². The van der Waals surface area contributed by atoms with Crippen LogP contribution in [-0.4, -0.2) is 59.3 Å². The maximum Gasteiger partial charge on any atom is 0.194 e. The van der Waals surface area contributed by atoms with Crippen LogP contribution in [0.25, 0.3) is 0 Å². The first-order chi connectivity index (χ1) is 9.13. The zero-order chi connectivity index (χ0) is 13.7. The molecule has 0 bridgehead atoms. The molecule has 5 heteroatoms. The zero-order valence-electron chi connectivity index (χ0n) is 12.2. The molecule has 110 valence electrons. The Balaban J connectivity index is 1.97. The molecular weight excluding hydrogens is 258 g/mol. The van der Waals surface area contributed by atoms with E-state index < -0.39 is 5.60 Å². The van der Waals surface area contributed by atoms with Gasteiger partial charge in [0.05, 0.1) is 12.1 Å². The molecule has 0 aromatic rings. The van der Waals surface area contributed by atoms with E-state index in [1.165, 1.54) is 12.8 Å². The standard InChI is InChI=1S/C14H27N3OS/c1-3-15-13(17-7-4-5-12(2)9-17)16-10-14(18)6-8-19-11-14/h12,18H,3-11H2,1-2H3,(H,15,16). The Morgan fingerprint density at radius 1 is 1.58 bits per heavy atom. The van der Waals surface area contributed by atoms with Gasteiger partial charge >= 0.3 is 0 Å². The summed E-state index contributed by atoms with van der Waals surface area (Å²) in [5.41, 5.74) is -0.577. The molecule has 2 aliphatic heterocycles. The van der Waals surface area contributed by atoms with Crippen LogP contribution >= 0.6 is 11.8 Å². The number of nitrogens with one attached hydrogen (secondary N) is 1. The van der Waals surface area contributed by atoms with Crippen molar-refractivity contribution >= 4 is 17.7 Å². The van der Waals surface area contributed by atoms with Crippen molar-refractivity contribution in [3.8, 4) is 0 Å². The van der Waals surface area contributed by atoms with Gasteiger partial charge in [0.15, 0.2) is 5.96 Å². The third-order valence-electron chi connectivity index (χ3n) is 3.90. The monoisotopic (exact) mass is 285 g/mol. The quantitative estimate of drug-likeness (QED) is 0.610. The van der Waals surface area contributed by atoms with Gasteiger partial charge in [-0.3, -0.25) is 4.99 Å². The molecule has 19 heavy (non-hydrogen) atoms. The van der Waals surface area contributed by atoms with Crippen molar-refractivity contribution < 1.29 is 5.11 Å². The Hall–Kier alpha value is -0.420. The summed E-state index contributed by atoms with van der Waals surface area (Å²) in [5.74, 6) is 3.61. The molecule has 0 aromatic heterocycles. The van der Waals surface area contributed by atoms with Gasteiger partial charge in [0.2, 0.25) is 0 Å². The highest BCUT2D eigenvalue weighted by Gasteiger charge is 2.32. The van der Waals surface area contributed by atoms with Crippen LogP contribution in [0.1, 0.15) is 33.1 Å².